The highest BCUT2D eigenvalue weighted by Crippen LogP contribution is 2.39. The van der Waals surface area contributed by atoms with Gasteiger partial charge >= 0.3 is 7.75 Å². The Kier molecular flexibility index (Phi) is 5.18. The van der Waals surface area contributed by atoms with Crippen molar-refractivity contribution in [1.82, 2.24) is 9.06 Å². The second-order valence-electron chi connectivity index (χ2n) is 5.56. The van der Waals surface area contributed by atoms with E-state index in [1.54, 1.807) is 18.2 Å². The second kappa shape index (κ2) is 7.16. The number of nitrogens with one attached hydrogen (secondary N) is 1. The van der Waals surface area contributed by atoms with Crippen LogP contribution in [0.2, 0.25) is 5.02 Å². The van der Waals surface area contributed by atoms with Gasteiger partial charge in [0.15, 0.2) is 0 Å². The predicted octanol–water partition coefficient (Wildman–Crippen LogP) is 1.51. The van der Waals surface area contributed by atoms with Gasteiger partial charge in [-0.3, -0.25) is 9.59 Å². The average molecular weight is 442 g/mol. The molecular formula is C16H11ClN2O7PS. The maximum atomic E-state index is 12.6. The molecule has 0 aliphatic carbocycles. The Bertz CT molecular complexity index is 1300. The van der Waals surface area contributed by atoms with Gasteiger partial charge in [0, 0.05) is 10.9 Å². The fraction of sp³-hybridized carbons (Fsp3) is 0. The Morgan fingerprint density at radius 2 is 1.82 bits per heavy atom. The lowest BCUT2D eigenvalue weighted by molar-refractivity contribution is 0.0981. The maximum Gasteiger partial charge on any atom is 0.437 e. The van der Waals surface area contributed by atoms with Crippen LogP contribution in [0.4, 0.5) is 0 Å². The van der Waals surface area contributed by atoms with E-state index >= 15 is 0 Å². The zero-order valence-corrected chi connectivity index (χ0v) is 16.2. The molecule has 3 rings (SSSR count). The number of carbonyl (C=O) groups excluding carboxylic acids is 1. The fourth-order valence-electron chi connectivity index (χ4n) is 2.46. The monoisotopic (exact) mass is 441 g/mol. The molecule has 0 unspecified atom stereocenters. The number of halogens is 1. The average Bonchev–Trinajstić information content (AvgIpc) is 2.60. The van der Waals surface area contributed by atoms with Crippen molar-refractivity contribution in [2.24, 2.45) is 0 Å². The van der Waals surface area contributed by atoms with Crippen LogP contribution in [0.3, 0.4) is 0 Å². The van der Waals surface area contributed by atoms with Crippen molar-refractivity contribution in [3.05, 3.63) is 75.5 Å². The number of pyridine rings is 1. The summed E-state index contributed by atoms with van der Waals surface area (Å²) in [6.45, 7) is 0. The summed E-state index contributed by atoms with van der Waals surface area (Å²) in [6, 6.07) is 12.7. The van der Waals surface area contributed by atoms with E-state index in [0.29, 0.717) is 0 Å². The van der Waals surface area contributed by atoms with E-state index in [1.807, 2.05) is 4.72 Å². The molecular weight excluding hydrogens is 431 g/mol. The van der Waals surface area contributed by atoms with E-state index in [4.69, 9.17) is 11.6 Å². The molecule has 28 heavy (non-hydrogen) atoms. The molecule has 0 atom stereocenters. The van der Waals surface area contributed by atoms with Gasteiger partial charge in [-0.05, 0) is 30.3 Å². The molecule has 12 heteroatoms. The number of hydrogen-bond acceptors (Lipinski definition) is 5. The van der Waals surface area contributed by atoms with Crippen LogP contribution < -0.4 is 10.3 Å². The van der Waals surface area contributed by atoms with Crippen LogP contribution in [0.1, 0.15) is 10.4 Å². The van der Waals surface area contributed by atoms with Gasteiger partial charge in [-0.2, -0.15) is 0 Å². The normalized spacial score (nSPS) is 12.1. The first kappa shape index (κ1) is 20.2. The zero-order chi connectivity index (χ0) is 20.7. The van der Waals surface area contributed by atoms with Crippen LogP contribution in [-0.4, -0.2) is 28.4 Å². The van der Waals surface area contributed by atoms with Crippen LogP contribution in [0.5, 0.6) is 0 Å². The molecule has 1 radical (unpaired) electrons. The highest BCUT2D eigenvalue weighted by molar-refractivity contribution is 7.90. The van der Waals surface area contributed by atoms with Gasteiger partial charge < -0.3 is 9.79 Å². The van der Waals surface area contributed by atoms with E-state index in [1.165, 1.54) is 12.1 Å². The Morgan fingerprint density at radius 1 is 1.18 bits per heavy atom. The van der Waals surface area contributed by atoms with E-state index in [0.717, 1.165) is 18.2 Å². The number of benzene rings is 2. The largest absolute Gasteiger partial charge is 0.437 e. The summed E-state index contributed by atoms with van der Waals surface area (Å²) in [5.41, 5.74) is -1.29. The second-order valence-corrected chi connectivity index (χ2v) is 9.05. The highest BCUT2D eigenvalue weighted by atomic mass is 35.5. The molecule has 145 valence electrons. The van der Waals surface area contributed by atoms with Crippen LogP contribution in [0.25, 0.3) is 10.9 Å². The standard InChI is InChI=1S/C16H11ClN2O7PS/c17-12-9-13-11(6-7-15(20)19(13)27(22,23)24)8-14(12)28(25,26)18-16(21)10-4-2-1-3-5-10/h1-6,8-9H,(H,18,21)(H2,22,23,24). The fourth-order valence-corrected chi connectivity index (χ4v) is 4.74. The molecule has 9 nitrogen and oxygen atoms in total. The zero-order valence-electron chi connectivity index (χ0n) is 13.7. The van der Waals surface area contributed by atoms with Gasteiger partial charge in [0.25, 0.3) is 21.5 Å². The van der Waals surface area contributed by atoms with Crippen LogP contribution >= 0.6 is 19.3 Å². The summed E-state index contributed by atoms with van der Waals surface area (Å²) in [5.74, 6) is -0.886. The lowest BCUT2D eigenvalue weighted by Gasteiger charge is -2.13. The Morgan fingerprint density at radius 3 is 2.43 bits per heavy atom. The van der Waals surface area contributed by atoms with Gasteiger partial charge in [-0.25, -0.2) is 22.0 Å². The summed E-state index contributed by atoms with van der Waals surface area (Å²) in [6.07, 6.45) is 0. The summed E-state index contributed by atoms with van der Waals surface area (Å²) < 4.78 is 38.8. The number of nitrogens with zero attached hydrogens (tertiary/aromatic N) is 1. The highest BCUT2D eigenvalue weighted by Gasteiger charge is 2.26. The van der Waals surface area contributed by atoms with Crippen molar-refractivity contribution in [3.8, 4) is 0 Å². The van der Waals surface area contributed by atoms with Crippen molar-refractivity contribution >= 4 is 46.2 Å². The van der Waals surface area contributed by atoms with Crippen molar-refractivity contribution in [3.63, 3.8) is 0 Å². The SMILES string of the molecule is O=C(NS(=O)(=O)c1cc2c[c]c(=O)n(P(=O)(O)O)c2cc1Cl)c1ccccc1. The number of sulfonamides is 1. The number of hydrogen-bond donors (Lipinski definition) is 3. The molecule has 3 aromatic rings. The van der Waals surface area contributed by atoms with Gasteiger partial charge in [0.05, 0.1) is 16.6 Å². The van der Waals surface area contributed by atoms with Crippen molar-refractivity contribution < 1.29 is 27.6 Å². The summed E-state index contributed by atoms with van der Waals surface area (Å²) >= 11 is 5.98. The lowest BCUT2D eigenvalue weighted by atomic mass is 10.2. The molecule has 1 amide bonds. The van der Waals surface area contributed by atoms with Crippen LogP contribution in [0, 0.1) is 6.07 Å². The predicted molar refractivity (Wildman–Crippen MR) is 101 cm³/mol. The Balaban J connectivity index is 2.12. The van der Waals surface area contributed by atoms with Gasteiger partial charge in [-0.15, -0.1) is 0 Å². The molecule has 0 saturated carbocycles. The number of amides is 1. The number of fused-ring (bicyclic) bond motifs is 1. The maximum absolute atomic E-state index is 12.6. The minimum atomic E-state index is -5.04. The molecule has 1 heterocycles. The Labute approximate surface area is 163 Å². The summed E-state index contributed by atoms with van der Waals surface area (Å²) in [5, 5.41) is -0.464. The van der Waals surface area contributed by atoms with Crippen molar-refractivity contribution in [2.45, 2.75) is 4.90 Å². The van der Waals surface area contributed by atoms with Gasteiger partial charge in [-0.1, -0.05) is 29.8 Å². The number of aromatic nitrogens is 1. The third-order valence-corrected chi connectivity index (χ3v) is 6.38. The number of carbonyl (C=O) groups is 1. The minimum absolute atomic E-state index is 0.0279. The molecule has 3 N–H and O–H groups in total. The van der Waals surface area contributed by atoms with E-state index in [2.05, 4.69) is 6.07 Å². The number of rotatable bonds is 4. The molecule has 0 spiro atoms. The third kappa shape index (κ3) is 3.87. The Hall–Kier alpha value is -2.49. The quantitative estimate of drug-likeness (QED) is 0.521. The van der Waals surface area contributed by atoms with Crippen molar-refractivity contribution in [1.29, 1.82) is 0 Å². The topological polar surface area (TPSA) is 143 Å². The van der Waals surface area contributed by atoms with E-state index in [9.17, 15) is 32.4 Å². The summed E-state index contributed by atoms with van der Waals surface area (Å²) in [4.78, 5) is 42.2. The van der Waals surface area contributed by atoms with Crippen LogP contribution in [-0.2, 0) is 14.6 Å². The first-order valence-electron chi connectivity index (χ1n) is 7.46. The van der Waals surface area contributed by atoms with Gasteiger partial charge in [0.1, 0.15) is 4.90 Å². The smallest absolute Gasteiger partial charge is 0.308 e. The molecule has 2 aromatic carbocycles. The first-order chi connectivity index (χ1) is 13.0. The molecule has 0 bridgehead atoms. The summed E-state index contributed by atoms with van der Waals surface area (Å²) in [7, 11) is -9.46. The minimum Gasteiger partial charge on any atom is -0.308 e. The molecule has 0 aliphatic heterocycles. The lowest BCUT2D eigenvalue weighted by Crippen LogP contribution is -2.30. The third-order valence-electron chi connectivity index (χ3n) is 3.67. The van der Waals surface area contributed by atoms with E-state index < -0.39 is 39.2 Å². The van der Waals surface area contributed by atoms with Crippen LogP contribution in [0.15, 0.2) is 58.2 Å². The molecule has 0 saturated heterocycles. The first-order valence-corrected chi connectivity index (χ1v) is 10.9. The van der Waals surface area contributed by atoms with E-state index in [-0.39, 0.29) is 20.8 Å². The molecule has 0 fully saturated rings. The molecule has 0 aliphatic rings. The van der Waals surface area contributed by atoms with Gasteiger partial charge in [0.2, 0.25) is 0 Å². The molecule has 1 aromatic heterocycles. The van der Waals surface area contributed by atoms with Crippen molar-refractivity contribution in [2.75, 3.05) is 0 Å².